The van der Waals surface area contributed by atoms with Crippen molar-refractivity contribution >= 4 is 5.97 Å². The summed E-state index contributed by atoms with van der Waals surface area (Å²) >= 11 is 0. The lowest BCUT2D eigenvalue weighted by molar-refractivity contribution is -0.140. The van der Waals surface area contributed by atoms with Crippen LogP contribution in [0.4, 0.5) is 4.39 Å². The van der Waals surface area contributed by atoms with Gasteiger partial charge in [-0.05, 0) is 47.2 Å². The Labute approximate surface area is 170 Å². The van der Waals surface area contributed by atoms with Crippen molar-refractivity contribution in [1.82, 2.24) is 0 Å². The Balaban J connectivity index is 1.97. The summed E-state index contributed by atoms with van der Waals surface area (Å²) in [6, 6.07) is 20.1. The van der Waals surface area contributed by atoms with Crippen LogP contribution in [0.25, 0.3) is 22.3 Å². The van der Waals surface area contributed by atoms with E-state index < -0.39 is 5.97 Å². The Morgan fingerprint density at radius 3 is 2.38 bits per heavy atom. The first-order valence-electron chi connectivity index (χ1n) is 9.40. The Hall–Kier alpha value is -3.24. The minimum absolute atomic E-state index is 0.0186. The first-order valence-corrected chi connectivity index (χ1v) is 9.40. The third-order valence-corrected chi connectivity index (χ3v) is 4.64. The number of hydrogen-bond acceptors (Lipinski definition) is 3. The summed E-state index contributed by atoms with van der Waals surface area (Å²) in [5, 5.41) is 9.22. The van der Waals surface area contributed by atoms with Gasteiger partial charge in [-0.25, -0.2) is 9.18 Å². The molecule has 0 aliphatic carbocycles. The fourth-order valence-corrected chi connectivity index (χ4v) is 3.13. The molecule has 148 valence electrons. The monoisotopic (exact) mass is 390 g/mol. The number of halogens is 1. The zero-order valence-electron chi connectivity index (χ0n) is 16.3. The average Bonchev–Trinajstić information content (AvgIpc) is 2.73. The maximum Gasteiger partial charge on any atom is 0.333 e. The lowest BCUT2D eigenvalue weighted by Crippen LogP contribution is -2.06. The zero-order chi connectivity index (χ0) is 20.8. The number of aliphatic hydroxyl groups excluding tert-OH is 1. The van der Waals surface area contributed by atoms with Crippen molar-refractivity contribution in [3.05, 3.63) is 95.8 Å². The Morgan fingerprint density at radius 1 is 1.00 bits per heavy atom. The summed E-state index contributed by atoms with van der Waals surface area (Å²) in [7, 11) is 0. The second kappa shape index (κ2) is 9.30. The van der Waals surface area contributed by atoms with Gasteiger partial charge in [0.1, 0.15) is 12.4 Å². The van der Waals surface area contributed by atoms with Crippen LogP contribution in [-0.2, 0) is 22.6 Å². The van der Waals surface area contributed by atoms with E-state index in [2.05, 4.69) is 6.58 Å². The zero-order valence-corrected chi connectivity index (χ0v) is 16.3. The number of hydrogen-bond donors (Lipinski definition) is 1. The fourth-order valence-electron chi connectivity index (χ4n) is 3.13. The molecule has 0 atom stereocenters. The molecule has 3 rings (SSSR count). The van der Waals surface area contributed by atoms with Crippen molar-refractivity contribution in [2.24, 2.45) is 0 Å². The van der Waals surface area contributed by atoms with Gasteiger partial charge in [0.15, 0.2) is 0 Å². The van der Waals surface area contributed by atoms with Gasteiger partial charge in [0.25, 0.3) is 0 Å². The van der Waals surface area contributed by atoms with Crippen molar-refractivity contribution in [2.75, 3.05) is 6.61 Å². The number of ether oxygens (including phenoxy) is 1. The molecular formula is C25H23FO3. The van der Waals surface area contributed by atoms with Crippen molar-refractivity contribution < 1.29 is 19.0 Å². The highest BCUT2D eigenvalue weighted by atomic mass is 19.1. The van der Waals surface area contributed by atoms with Crippen LogP contribution in [0.15, 0.2) is 78.9 Å². The summed E-state index contributed by atoms with van der Waals surface area (Å²) in [5.41, 5.74) is 4.79. The highest BCUT2D eigenvalue weighted by molar-refractivity contribution is 5.87. The van der Waals surface area contributed by atoms with Crippen molar-refractivity contribution in [3.63, 3.8) is 0 Å². The quantitative estimate of drug-likeness (QED) is 0.439. The fraction of sp³-hybridized carbons (Fsp3) is 0.160. The van der Waals surface area contributed by atoms with Crippen molar-refractivity contribution in [3.8, 4) is 22.3 Å². The first kappa shape index (κ1) is 20.5. The van der Waals surface area contributed by atoms with Gasteiger partial charge in [0.05, 0.1) is 0 Å². The second-order valence-corrected chi connectivity index (χ2v) is 6.88. The van der Waals surface area contributed by atoms with E-state index in [1.807, 2.05) is 54.6 Å². The van der Waals surface area contributed by atoms with E-state index in [0.717, 1.165) is 22.3 Å². The number of carbonyl (C=O) groups excluding carboxylic acids is 1. The van der Waals surface area contributed by atoms with Gasteiger partial charge in [-0.1, -0.05) is 67.2 Å². The van der Waals surface area contributed by atoms with Gasteiger partial charge in [-0.3, -0.25) is 0 Å². The van der Waals surface area contributed by atoms with Crippen LogP contribution in [-0.4, -0.2) is 17.7 Å². The van der Waals surface area contributed by atoms with Crippen LogP contribution in [0.2, 0.25) is 0 Å². The number of rotatable bonds is 7. The second-order valence-electron chi connectivity index (χ2n) is 6.88. The molecule has 0 spiro atoms. The van der Waals surface area contributed by atoms with Gasteiger partial charge >= 0.3 is 5.97 Å². The SMILES string of the molecule is C=C(C)C(=O)OCc1cc(CCO)ccc1-c1ccc(-c2ccccc2)c(F)c1. The molecule has 0 aromatic heterocycles. The summed E-state index contributed by atoms with van der Waals surface area (Å²) in [5.74, 6) is -0.799. The van der Waals surface area contributed by atoms with E-state index in [0.29, 0.717) is 23.1 Å². The molecule has 29 heavy (non-hydrogen) atoms. The van der Waals surface area contributed by atoms with Gasteiger partial charge in [-0.2, -0.15) is 0 Å². The molecule has 0 bridgehead atoms. The molecule has 0 unspecified atom stereocenters. The molecule has 0 fully saturated rings. The summed E-state index contributed by atoms with van der Waals surface area (Å²) in [4.78, 5) is 11.8. The highest BCUT2D eigenvalue weighted by Crippen LogP contribution is 2.31. The lowest BCUT2D eigenvalue weighted by Gasteiger charge is -2.14. The van der Waals surface area contributed by atoms with Gasteiger partial charge in [0.2, 0.25) is 0 Å². The third kappa shape index (κ3) is 4.98. The largest absolute Gasteiger partial charge is 0.457 e. The van der Waals surface area contributed by atoms with Crippen LogP contribution in [0, 0.1) is 5.82 Å². The molecule has 1 N–H and O–H groups in total. The van der Waals surface area contributed by atoms with E-state index >= 15 is 0 Å². The molecule has 0 saturated carbocycles. The predicted octanol–water partition coefficient (Wildman–Crippen LogP) is 5.31. The molecule has 0 saturated heterocycles. The van der Waals surface area contributed by atoms with Gasteiger partial charge in [0, 0.05) is 17.7 Å². The summed E-state index contributed by atoms with van der Waals surface area (Å²) in [6.45, 7) is 5.24. The molecule has 3 nitrogen and oxygen atoms in total. The van der Waals surface area contributed by atoms with E-state index in [1.165, 1.54) is 6.07 Å². The Kier molecular flexibility index (Phi) is 6.57. The number of carbonyl (C=O) groups is 1. The highest BCUT2D eigenvalue weighted by Gasteiger charge is 2.13. The Bertz CT molecular complexity index is 1030. The van der Waals surface area contributed by atoms with E-state index in [1.54, 1.807) is 13.0 Å². The van der Waals surface area contributed by atoms with E-state index in [4.69, 9.17) is 4.74 Å². The molecule has 4 heteroatoms. The van der Waals surface area contributed by atoms with E-state index in [-0.39, 0.29) is 19.0 Å². The summed E-state index contributed by atoms with van der Waals surface area (Å²) < 4.78 is 20.2. The average molecular weight is 390 g/mol. The van der Waals surface area contributed by atoms with Crippen LogP contribution in [0.3, 0.4) is 0 Å². The molecule has 3 aromatic carbocycles. The smallest absolute Gasteiger partial charge is 0.333 e. The minimum Gasteiger partial charge on any atom is -0.457 e. The molecule has 0 amide bonds. The molecule has 0 radical (unpaired) electrons. The standard InChI is InChI=1S/C25H23FO3/c1-17(2)25(28)29-16-21-14-18(12-13-27)8-10-22(21)20-9-11-23(24(26)15-20)19-6-4-3-5-7-19/h3-11,14-15,27H,1,12-13,16H2,2H3. The number of aliphatic hydroxyl groups is 1. The molecule has 3 aromatic rings. The predicted molar refractivity (Wildman–Crippen MR) is 113 cm³/mol. The molecule has 0 aliphatic rings. The van der Waals surface area contributed by atoms with E-state index in [9.17, 15) is 14.3 Å². The maximum atomic E-state index is 14.8. The van der Waals surface area contributed by atoms with Crippen molar-refractivity contribution in [2.45, 2.75) is 20.0 Å². The number of benzene rings is 3. The Morgan fingerprint density at radius 2 is 1.72 bits per heavy atom. The van der Waals surface area contributed by atoms with Crippen LogP contribution in [0.1, 0.15) is 18.1 Å². The maximum absolute atomic E-state index is 14.8. The lowest BCUT2D eigenvalue weighted by atomic mass is 9.95. The third-order valence-electron chi connectivity index (χ3n) is 4.64. The van der Waals surface area contributed by atoms with Crippen LogP contribution < -0.4 is 0 Å². The van der Waals surface area contributed by atoms with Crippen LogP contribution >= 0.6 is 0 Å². The van der Waals surface area contributed by atoms with Gasteiger partial charge < -0.3 is 9.84 Å². The minimum atomic E-state index is -0.478. The topological polar surface area (TPSA) is 46.5 Å². The van der Waals surface area contributed by atoms with Crippen molar-refractivity contribution in [1.29, 1.82) is 0 Å². The summed E-state index contributed by atoms with van der Waals surface area (Å²) in [6.07, 6.45) is 0.489. The number of esters is 1. The molecular weight excluding hydrogens is 367 g/mol. The van der Waals surface area contributed by atoms with Crippen LogP contribution in [0.5, 0.6) is 0 Å². The van der Waals surface area contributed by atoms with Gasteiger partial charge in [-0.15, -0.1) is 0 Å². The normalized spacial score (nSPS) is 10.6. The molecule has 0 heterocycles. The molecule has 0 aliphatic heterocycles. The first-order chi connectivity index (χ1) is 14.0.